The summed E-state index contributed by atoms with van der Waals surface area (Å²) in [6.45, 7) is 5.12. The fourth-order valence-corrected chi connectivity index (χ4v) is 5.15. The van der Waals surface area contributed by atoms with Crippen molar-refractivity contribution < 1.29 is 29.0 Å². The molecule has 0 radical (unpaired) electrons. The summed E-state index contributed by atoms with van der Waals surface area (Å²) in [6, 6.07) is 4.67. The molecule has 12 heteroatoms. The van der Waals surface area contributed by atoms with Crippen LogP contribution in [0.1, 0.15) is 32.9 Å². The monoisotopic (exact) mass is 515 g/mol. The van der Waals surface area contributed by atoms with Gasteiger partial charge in [0.2, 0.25) is 5.91 Å². The number of amides is 2. The maximum absolute atomic E-state index is 12.9. The Labute approximate surface area is 213 Å². The molecule has 2 unspecified atom stereocenters. The number of allylic oxidation sites excluding steroid dienone is 1. The molecule has 3 heterocycles. The summed E-state index contributed by atoms with van der Waals surface area (Å²) in [4.78, 5) is 60.4. The van der Waals surface area contributed by atoms with E-state index >= 15 is 0 Å². The van der Waals surface area contributed by atoms with Crippen LogP contribution in [0.4, 0.5) is 0 Å². The Morgan fingerprint density at radius 2 is 2.17 bits per heavy atom. The van der Waals surface area contributed by atoms with E-state index in [0.717, 1.165) is 16.3 Å². The highest BCUT2D eigenvalue weighted by molar-refractivity contribution is 8.00. The second-order valence-corrected chi connectivity index (χ2v) is 9.18. The summed E-state index contributed by atoms with van der Waals surface area (Å²) in [5.74, 6) is -2.47. The van der Waals surface area contributed by atoms with Gasteiger partial charge in [0.25, 0.3) is 5.91 Å². The number of aliphatic imine (C=N–C) groups is 1. The van der Waals surface area contributed by atoms with Crippen LogP contribution in [0.15, 0.2) is 52.6 Å². The zero-order valence-corrected chi connectivity index (χ0v) is 21.2. The summed E-state index contributed by atoms with van der Waals surface area (Å²) in [7, 11) is 0. The van der Waals surface area contributed by atoms with Gasteiger partial charge in [-0.05, 0) is 25.5 Å². The Morgan fingerprint density at radius 3 is 2.78 bits per heavy atom. The molecule has 192 valence electrons. The molecule has 36 heavy (non-hydrogen) atoms. The van der Waals surface area contributed by atoms with Crippen molar-refractivity contribution in [2.45, 2.75) is 45.2 Å². The second kappa shape index (κ2) is 12.3. The average Bonchev–Trinajstić information content (AvgIpc) is 2.85. The number of carboxylic acids is 1. The molecule has 0 aromatic carbocycles. The zero-order chi connectivity index (χ0) is 26.2. The predicted molar refractivity (Wildman–Crippen MR) is 134 cm³/mol. The van der Waals surface area contributed by atoms with Gasteiger partial charge in [-0.25, -0.2) is 4.79 Å². The number of rotatable bonds is 11. The molecule has 2 aliphatic heterocycles. The van der Waals surface area contributed by atoms with Crippen LogP contribution in [0.3, 0.4) is 0 Å². The number of aliphatic carboxylic acids is 1. The van der Waals surface area contributed by atoms with Gasteiger partial charge in [0, 0.05) is 36.9 Å². The molecule has 1 fully saturated rings. The number of hydrogen-bond donors (Lipinski definition) is 2. The molecule has 1 aromatic heterocycles. The van der Waals surface area contributed by atoms with E-state index in [0.29, 0.717) is 18.5 Å². The first-order valence-corrected chi connectivity index (χ1v) is 12.5. The van der Waals surface area contributed by atoms with Crippen LogP contribution in [0.25, 0.3) is 0 Å². The highest BCUT2D eigenvalue weighted by Gasteiger charge is 2.54. The maximum Gasteiger partial charge on any atom is 0.352 e. The zero-order valence-electron chi connectivity index (χ0n) is 20.3. The Hall–Kier alpha value is -3.67. The van der Waals surface area contributed by atoms with Gasteiger partial charge in [-0.15, -0.1) is 11.8 Å². The molecule has 0 bridgehead atoms. The standard InChI is InChI=1S/C24H29N5O6S/c1-4-17(25-5-2)10-28(11-18-8-6-7-9-26-18)12-19(31)27-20-22(32)29-21(24(33)34)16(13-35-15(3)30)14-36-23(20)29/h5-10,20,23H,4,11-14H2,1-3H3,(H,27,31)(H,33,34)/b17-10+,25-5?. The van der Waals surface area contributed by atoms with Crippen molar-refractivity contribution in [1.82, 2.24) is 20.1 Å². The Kier molecular flexibility index (Phi) is 9.23. The van der Waals surface area contributed by atoms with Gasteiger partial charge >= 0.3 is 11.9 Å². The number of nitrogens with one attached hydrogen (secondary N) is 1. The van der Waals surface area contributed by atoms with Crippen LogP contribution in [-0.2, 0) is 30.5 Å². The van der Waals surface area contributed by atoms with Gasteiger partial charge in [-0.1, -0.05) is 13.0 Å². The third kappa shape index (κ3) is 6.51. The highest BCUT2D eigenvalue weighted by atomic mass is 32.2. The number of carbonyl (C=O) groups is 4. The molecule has 2 N–H and O–H groups in total. The summed E-state index contributed by atoms with van der Waals surface area (Å²) < 4.78 is 4.94. The van der Waals surface area contributed by atoms with Gasteiger partial charge in [0.15, 0.2) is 0 Å². The third-order valence-electron chi connectivity index (χ3n) is 5.44. The number of fused-ring (bicyclic) bond motifs is 1. The summed E-state index contributed by atoms with van der Waals surface area (Å²) >= 11 is 1.31. The largest absolute Gasteiger partial charge is 0.477 e. The van der Waals surface area contributed by atoms with Gasteiger partial charge < -0.3 is 20.1 Å². The van der Waals surface area contributed by atoms with Crippen molar-refractivity contribution in [3.63, 3.8) is 0 Å². The molecule has 2 atom stereocenters. The molecule has 1 aromatic rings. The van der Waals surface area contributed by atoms with Crippen molar-refractivity contribution in [1.29, 1.82) is 0 Å². The van der Waals surface area contributed by atoms with Crippen molar-refractivity contribution in [2.75, 3.05) is 18.9 Å². The second-order valence-electron chi connectivity index (χ2n) is 8.08. The van der Waals surface area contributed by atoms with Crippen LogP contribution in [0, 0.1) is 0 Å². The smallest absolute Gasteiger partial charge is 0.352 e. The molecule has 2 aliphatic rings. The fourth-order valence-electron chi connectivity index (χ4n) is 3.83. The lowest BCUT2D eigenvalue weighted by molar-refractivity contribution is -0.151. The molecule has 0 aliphatic carbocycles. The number of hydrogen-bond acceptors (Lipinski definition) is 9. The number of ether oxygens (including phenoxy) is 1. The highest BCUT2D eigenvalue weighted by Crippen LogP contribution is 2.40. The average molecular weight is 516 g/mol. The quantitative estimate of drug-likeness (QED) is 0.255. The van der Waals surface area contributed by atoms with E-state index in [1.54, 1.807) is 23.5 Å². The number of aromatic nitrogens is 1. The van der Waals surface area contributed by atoms with Crippen LogP contribution >= 0.6 is 11.8 Å². The van der Waals surface area contributed by atoms with Crippen LogP contribution in [0.2, 0.25) is 0 Å². The lowest BCUT2D eigenvalue weighted by Crippen LogP contribution is -2.71. The molecule has 3 rings (SSSR count). The SMILES string of the molecule is CC=N/C(=C/N(CC(=O)NC1C(=O)N2C(C(=O)O)=C(COC(C)=O)CSC12)Cc1ccccn1)CC. The third-order valence-corrected chi connectivity index (χ3v) is 6.78. The van der Waals surface area contributed by atoms with E-state index in [2.05, 4.69) is 15.3 Å². The summed E-state index contributed by atoms with van der Waals surface area (Å²) in [5.41, 5.74) is 1.70. The van der Waals surface area contributed by atoms with Crippen molar-refractivity contribution in [3.05, 3.63) is 53.3 Å². The fraction of sp³-hybridized carbons (Fsp3) is 0.417. The van der Waals surface area contributed by atoms with Gasteiger partial charge in [0.1, 0.15) is 23.7 Å². The Bertz CT molecular complexity index is 1100. The molecular formula is C24H29N5O6S. The number of carboxylic acid groups (broad SMARTS) is 1. The summed E-state index contributed by atoms with van der Waals surface area (Å²) in [5, 5.41) is 11.9. The van der Waals surface area contributed by atoms with E-state index < -0.39 is 29.3 Å². The van der Waals surface area contributed by atoms with Crippen molar-refractivity contribution in [2.24, 2.45) is 4.99 Å². The van der Waals surface area contributed by atoms with E-state index in [1.807, 2.05) is 32.0 Å². The molecule has 2 amide bonds. The predicted octanol–water partition coefficient (Wildman–Crippen LogP) is 1.53. The van der Waals surface area contributed by atoms with E-state index in [1.165, 1.54) is 18.7 Å². The molecule has 0 saturated carbocycles. The number of esters is 1. The summed E-state index contributed by atoms with van der Waals surface area (Å²) in [6.07, 6.45) is 5.82. The first-order valence-electron chi connectivity index (χ1n) is 11.4. The van der Waals surface area contributed by atoms with E-state index in [-0.39, 0.29) is 30.5 Å². The Morgan fingerprint density at radius 1 is 1.39 bits per heavy atom. The van der Waals surface area contributed by atoms with Crippen molar-refractivity contribution >= 4 is 41.7 Å². The van der Waals surface area contributed by atoms with Crippen LogP contribution in [0.5, 0.6) is 0 Å². The lowest BCUT2D eigenvalue weighted by Gasteiger charge is -2.49. The number of nitrogens with zero attached hydrogens (tertiary/aromatic N) is 4. The van der Waals surface area contributed by atoms with E-state index in [4.69, 9.17) is 4.74 Å². The topological polar surface area (TPSA) is 142 Å². The minimum Gasteiger partial charge on any atom is -0.477 e. The molecule has 0 spiro atoms. The first-order chi connectivity index (χ1) is 17.2. The molecule has 1 saturated heterocycles. The maximum atomic E-state index is 12.9. The number of carbonyl (C=O) groups excluding carboxylic acids is 3. The van der Waals surface area contributed by atoms with Gasteiger partial charge in [0.05, 0.1) is 24.5 Å². The lowest BCUT2D eigenvalue weighted by atomic mass is 10.0. The number of thioether (sulfide) groups is 1. The van der Waals surface area contributed by atoms with Gasteiger partial charge in [-0.3, -0.25) is 29.3 Å². The minimum absolute atomic E-state index is 0.0419. The minimum atomic E-state index is -1.28. The molecule has 11 nitrogen and oxygen atoms in total. The Balaban J connectivity index is 1.71. The number of β-lactam (4-membered cyclic amide) rings is 1. The van der Waals surface area contributed by atoms with E-state index in [9.17, 15) is 24.3 Å². The molecular weight excluding hydrogens is 486 g/mol. The van der Waals surface area contributed by atoms with Crippen molar-refractivity contribution in [3.8, 4) is 0 Å². The van der Waals surface area contributed by atoms with Gasteiger partial charge in [-0.2, -0.15) is 0 Å². The first kappa shape index (κ1) is 26.9. The van der Waals surface area contributed by atoms with Crippen LogP contribution < -0.4 is 5.32 Å². The van der Waals surface area contributed by atoms with Crippen LogP contribution in [-0.4, -0.2) is 80.2 Å². The number of pyridine rings is 1. The normalized spacial score (nSPS) is 19.6.